The smallest absolute Gasteiger partial charge is 0.240 e. The van der Waals surface area contributed by atoms with E-state index in [1.165, 1.54) is 5.56 Å². The SMILES string of the molecule is N#C[C@@H]1CCCN1C(=O)[C@@H]1C[C@H](C/C=C/c2ccccc2)CN1. The fourth-order valence-corrected chi connectivity index (χ4v) is 3.50. The van der Waals surface area contributed by atoms with E-state index in [1.807, 2.05) is 18.2 Å². The lowest BCUT2D eigenvalue weighted by Crippen LogP contribution is -2.45. The van der Waals surface area contributed by atoms with E-state index in [9.17, 15) is 4.79 Å². The predicted octanol–water partition coefficient (Wildman–Crippen LogP) is 2.58. The molecule has 1 N–H and O–H groups in total. The molecule has 0 aliphatic carbocycles. The monoisotopic (exact) mass is 309 g/mol. The van der Waals surface area contributed by atoms with Gasteiger partial charge in [-0.2, -0.15) is 5.26 Å². The Labute approximate surface area is 137 Å². The average molecular weight is 309 g/mol. The number of nitrogens with one attached hydrogen (secondary N) is 1. The van der Waals surface area contributed by atoms with Crippen LogP contribution in [-0.4, -0.2) is 36.0 Å². The van der Waals surface area contributed by atoms with Crippen molar-refractivity contribution < 1.29 is 4.79 Å². The van der Waals surface area contributed by atoms with Crippen LogP contribution in [0.2, 0.25) is 0 Å². The van der Waals surface area contributed by atoms with Crippen molar-refractivity contribution in [1.29, 1.82) is 5.26 Å². The molecule has 0 bridgehead atoms. The molecule has 1 aromatic carbocycles. The maximum Gasteiger partial charge on any atom is 0.240 e. The molecule has 2 heterocycles. The van der Waals surface area contributed by atoms with Gasteiger partial charge in [0.1, 0.15) is 6.04 Å². The number of allylic oxidation sites excluding steroid dienone is 1. The molecule has 2 fully saturated rings. The number of hydrogen-bond acceptors (Lipinski definition) is 3. The predicted molar refractivity (Wildman–Crippen MR) is 90.3 cm³/mol. The normalized spacial score (nSPS) is 27.4. The number of benzene rings is 1. The maximum absolute atomic E-state index is 12.6. The van der Waals surface area contributed by atoms with Gasteiger partial charge in [0.05, 0.1) is 12.1 Å². The summed E-state index contributed by atoms with van der Waals surface area (Å²) >= 11 is 0. The van der Waals surface area contributed by atoms with Crippen molar-refractivity contribution in [2.75, 3.05) is 13.1 Å². The molecule has 2 aliphatic heterocycles. The second-order valence-electron chi connectivity index (χ2n) is 6.43. The molecule has 4 heteroatoms. The number of nitriles is 1. The molecule has 2 aliphatic rings. The summed E-state index contributed by atoms with van der Waals surface area (Å²) in [5.74, 6) is 0.607. The fourth-order valence-electron chi connectivity index (χ4n) is 3.50. The molecule has 0 radical (unpaired) electrons. The van der Waals surface area contributed by atoms with Crippen LogP contribution < -0.4 is 5.32 Å². The largest absolute Gasteiger partial charge is 0.325 e. The molecular weight excluding hydrogens is 286 g/mol. The molecule has 1 aromatic rings. The van der Waals surface area contributed by atoms with E-state index in [2.05, 4.69) is 35.7 Å². The summed E-state index contributed by atoms with van der Waals surface area (Å²) in [5.41, 5.74) is 1.21. The lowest BCUT2D eigenvalue weighted by Gasteiger charge is -2.23. The van der Waals surface area contributed by atoms with E-state index in [0.29, 0.717) is 5.92 Å². The lowest BCUT2D eigenvalue weighted by molar-refractivity contribution is -0.133. The zero-order valence-corrected chi connectivity index (χ0v) is 13.3. The van der Waals surface area contributed by atoms with Crippen LogP contribution in [0.3, 0.4) is 0 Å². The number of carbonyl (C=O) groups is 1. The van der Waals surface area contributed by atoms with E-state index < -0.39 is 0 Å². The molecule has 2 saturated heterocycles. The fraction of sp³-hybridized carbons (Fsp3) is 0.474. The number of nitrogens with zero attached hydrogens (tertiary/aromatic N) is 2. The van der Waals surface area contributed by atoms with Gasteiger partial charge in [-0.3, -0.25) is 4.79 Å². The maximum atomic E-state index is 12.6. The highest BCUT2D eigenvalue weighted by Crippen LogP contribution is 2.24. The van der Waals surface area contributed by atoms with Crippen LogP contribution in [-0.2, 0) is 4.79 Å². The number of amides is 1. The van der Waals surface area contributed by atoms with E-state index in [4.69, 9.17) is 5.26 Å². The molecule has 0 unspecified atom stereocenters. The highest BCUT2D eigenvalue weighted by molar-refractivity contribution is 5.83. The van der Waals surface area contributed by atoms with Gasteiger partial charge in [0, 0.05) is 6.54 Å². The van der Waals surface area contributed by atoms with E-state index in [0.717, 1.165) is 38.8 Å². The lowest BCUT2D eigenvalue weighted by atomic mass is 10.0. The topological polar surface area (TPSA) is 56.1 Å². The summed E-state index contributed by atoms with van der Waals surface area (Å²) in [6.07, 6.45) is 7.95. The van der Waals surface area contributed by atoms with Crippen LogP contribution in [0.25, 0.3) is 6.08 Å². The summed E-state index contributed by atoms with van der Waals surface area (Å²) in [7, 11) is 0. The zero-order valence-electron chi connectivity index (χ0n) is 13.3. The van der Waals surface area contributed by atoms with Crippen molar-refractivity contribution in [3.8, 4) is 6.07 Å². The van der Waals surface area contributed by atoms with Crippen molar-refractivity contribution >= 4 is 12.0 Å². The van der Waals surface area contributed by atoms with Crippen molar-refractivity contribution in [2.24, 2.45) is 5.92 Å². The highest BCUT2D eigenvalue weighted by Gasteiger charge is 2.36. The second-order valence-corrected chi connectivity index (χ2v) is 6.43. The Morgan fingerprint density at radius 2 is 2.22 bits per heavy atom. The van der Waals surface area contributed by atoms with Crippen LogP contribution in [0, 0.1) is 17.2 Å². The summed E-state index contributed by atoms with van der Waals surface area (Å²) in [6.45, 7) is 1.61. The Kier molecular flexibility index (Phi) is 5.09. The molecule has 4 nitrogen and oxygen atoms in total. The number of carbonyl (C=O) groups excluding carboxylic acids is 1. The summed E-state index contributed by atoms with van der Waals surface area (Å²) in [4.78, 5) is 14.3. The third-order valence-electron chi connectivity index (χ3n) is 4.78. The minimum Gasteiger partial charge on any atom is -0.325 e. The first-order valence-corrected chi connectivity index (χ1v) is 8.43. The van der Waals surface area contributed by atoms with E-state index >= 15 is 0 Å². The average Bonchev–Trinajstić information content (AvgIpc) is 3.24. The van der Waals surface area contributed by atoms with Gasteiger partial charge in [-0.15, -0.1) is 0 Å². The zero-order chi connectivity index (χ0) is 16.1. The summed E-state index contributed by atoms with van der Waals surface area (Å²) in [6, 6.07) is 12.2. The van der Waals surface area contributed by atoms with Crippen LogP contribution >= 0.6 is 0 Å². The molecular formula is C19H23N3O. The molecule has 3 rings (SSSR count). The molecule has 0 spiro atoms. The van der Waals surface area contributed by atoms with Crippen LogP contribution in [0.4, 0.5) is 0 Å². The quantitative estimate of drug-likeness (QED) is 0.930. The van der Waals surface area contributed by atoms with Crippen LogP contribution in [0.5, 0.6) is 0 Å². The molecule has 1 amide bonds. The minimum atomic E-state index is -0.221. The second kappa shape index (κ2) is 7.43. The Hall–Kier alpha value is -2.12. The van der Waals surface area contributed by atoms with E-state index in [-0.39, 0.29) is 18.0 Å². The first-order chi connectivity index (χ1) is 11.3. The Morgan fingerprint density at radius 1 is 1.39 bits per heavy atom. The number of likely N-dealkylation sites (tertiary alicyclic amines) is 1. The summed E-state index contributed by atoms with van der Waals surface area (Å²) < 4.78 is 0. The summed E-state index contributed by atoms with van der Waals surface area (Å²) in [5, 5.41) is 12.5. The first kappa shape index (κ1) is 15.8. The van der Waals surface area contributed by atoms with Gasteiger partial charge < -0.3 is 10.2 Å². The molecule has 120 valence electrons. The standard InChI is InChI=1S/C19H23N3O/c20-13-17-10-5-11-22(17)19(23)18-12-16(14-21-18)9-4-8-15-6-2-1-3-7-15/h1-4,6-8,16-18,21H,5,9-12,14H2/b8-4+/t16-,17-,18-/m0/s1. The third-order valence-corrected chi connectivity index (χ3v) is 4.78. The number of rotatable bonds is 4. The van der Waals surface area contributed by atoms with Gasteiger partial charge >= 0.3 is 0 Å². The third kappa shape index (κ3) is 3.80. The molecule has 0 aromatic heterocycles. The first-order valence-electron chi connectivity index (χ1n) is 8.43. The number of hydrogen-bond donors (Lipinski definition) is 1. The van der Waals surface area contributed by atoms with Gasteiger partial charge in [0.2, 0.25) is 5.91 Å². The van der Waals surface area contributed by atoms with Gasteiger partial charge in [-0.1, -0.05) is 42.5 Å². The van der Waals surface area contributed by atoms with Gasteiger partial charge in [0.25, 0.3) is 0 Å². The molecule has 0 saturated carbocycles. The highest BCUT2D eigenvalue weighted by atomic mass is 16.2. The molecule has 23 heavy (non-hydrogen) atoms. The van der Waals surface area contributed by atoms with Gasteiger partial charge in [0.15, 0.2) is 0 Å². The van der Waals surface area contributed by atoms with Crippen molar-refractivity contribution in [1.82, 2.24) is 10.2 Å². The van der Waals surface area contributed by atoms with Crippen LogP contribution in [0.1, 0.15) is 31.2 Å². The van der Waals surface area contributed by atoms with Crippen LogP contribution in [0.15, 0.2) is 36.4 Å². The van der Waals surface area contributed by atoms with Crippen molar-refractivity contribution in [3.05, 3.63) is 42.0 Å². The van der Waals surface area contributed by atoms with Crippen molar-refractivity contribution in [3.63, 3.8) is 0 Å². The Balaban J connectivity index is 1.50. The van der Waals surface area contributed by atoms with E-state index in [1.54, 1.807) is 4.90 Å². The Morgan fingerprint density at radius 3 is 3.00 bits per heavy atom. The Bertz CT molecular complexity index is 605. The van der Waals surface area contributed by atoms with Gasteiger partial charge in [-0.25, -0.2) is 0 Å². The van der Waals surface area contributed by atoms with Gasteiger partial charge in [-0.05, 0) is 43.7 Å². The van der Waals surface area contributed by atoms with Crippen molar-refractivity contribution in [2.45, 2.75) is 37.8 Å². The molecule has 3 atom stereocenters. The minimum absolute atomic E-state index is 0.112.